The summed E-state index contributed by atoms with van der Waals surface area (Å²) < 4.78 is 7.14. The van der Waals surface area contributed by atoms with Crippen molar-refractivity contribution in [3.05, 3.63) is 22.7 Å². The first-order valence-electron chi connectivity index (χ1n) is 6.87. The summed E-state index contributed by atoms with van der Waals surface area (Å²) in [4.78, 5) is 16.2. The van der Waals surface area contributed by atoms with Crippen LogP contribution in [-0.4, -0.2) is 29.3 Å². The van der Waals surface area contributed by atoms with Gasteiger partial charge < -0.3 is 14.6 Å². The smallest absolute Gasteiger partial charge is 0.293 e. The van der Waals surface area contributed by atoms with Crippen LogP contribution in [0, 0.1) is 11.8 Å². The molecule has 1 N–H and O–H groups in total. The summed E-state index contributed by atoms with van der Waals surface area (Å²) in [5, 5.41) is 3.03. The zero-order chi connectivity index (χ0) is 14.3. The molecular formula is C14H25N3O2. The molecule has 0 bridgehead atoms. The van der Waals surface area contributed by atoms with Crippen LogP contribution in [0.2, 0.25) is 0 Å². The summed E-state index contributed by atoms with van der Waals surface area (Å²) in [6.45, 7) is 11.0. The Kier molecular flexibility index (Phi) is 6.56. The lowest BCUT2D eigenvalue weighted by Crippen LogP contribution is -2.27. The lowest BCUT2D eigenvalue weighted by molar-refractivity contribution is 0.118. The van der Waals surface area contributed by atoms with Crippen molar-refractivity contribution in [3.8, 4) is 0 Å². The molecule has 108 valence electrons. The molecule has 1 aromatic heterocycles. The fraction of sp³-hybridized carbons (Fsp3) is 0.714. The average Bonchev–Trinajstić information content (AvgIpc) is 2.32. The molecule has 0 amide bonds. The summed E-state index contributed by atoms with van der Waals surface area (Å²) in [6.07, 6.45) is 3.38. The van der Waals surface area contributed by atoms with Crippen LogP contribution in [0.25, 0.3) is 0 Å². The van der Waals surface area contributed by atoms with Gasteiger partial charge >= 0.3 is 0 Å². The standard InChI is InChI=1S/C14H25N3O2/c1-11(2)9-17-7-5-15-13(14(17)18)16-6-8-19-10-12(3)4/h5,7,11-12H,6,8-10H2,1-4H3,(H,15,16). The van der Waals surface area contributed by atoms with Gasteiger partial charge in [-0.2, -0.15) is 0 Å². The second-order valence-corrected chi connectivity index (χ2v) is 5.52. The molecule has 1 heterocycles. The largest absolute Gasteiger partial charge is 0.379 e. The quantitative estimate of drug-likeness (QED) is 0.732. The number of hydrogen-bond donors (Lipinski definition) is 1. The van der Waals surface area contributed by atoms with Crippen molar-refractivity contribution in [3.63, 3.8) is 0 Å². The number of hydrogen-bond acceptors (Lipinski definition) is 4. The Bertz CT molecular complexity index is 427. The Labute approximate surface area is 115 Å². The summed E-state index contributed by atoms with van der Waals surface area (Å²) in [6, 6.07) is 0. The van der Waals surface area contributed by atoms with Crippen molar-refractivity contribution in [1.82, 2.24) is 9.55 Å². The van der Waals surface area contributed by atoms with Crippen molar-refractivity contribution in [2.75, 3.05) is 25.1 Å². The van der Waals surface area contributed by atoms with Crippen molar-refractivity contribution < 1.29 is 4.74 Å². The lowest BCUT2D eigenvalue weighted by Gasteiger charge is -2.11. The Balaban J connectivity index is 2.48. The minimum absolute atomic E-state index is 0.0694. The van der Waals surface area contributed by atoms with Crippen LogP contribution >= 0.6 is 0 Å². The molecular weight excluding hydrogens is 242 g/mol. The van der Waals surface area contributed by atoms with Crippen molar-refractivity contribution in [1.29, 1.82) is 0 Å². The van der Waals surface area contributed by atoms with Gasteiger partial charge in [0.1, 0.15) is 0 Å². The fourth-order valence-corrected chi connectivity index (χ4v) is 1.67. The van der Waals surface area contributed by atoms with E-state index < -0.39 is 0 Å². The van der Waals surface area contributed by atoms with Gasteiger partial charge in [-0.1, -0.05) is 27.7 Å². The zero-order valence-corrected chi connectivity index (χ0v) is 12.3. The lowest BCUT2D eigenvalue weighted by atomic mass is 10.2. The molecule has 19 heavy (non-hydrogen) atoms. The van der Waals surface area contributed by atoms with E-state index in [9.17, 15) is 4.79 Å². The van der Waals surface area contributed by atoms with Gasteiger partial charge in [0, 0.05) is 32.1 Å². The Morgan fingerprint density at radius 2 is 2.05 bits per heavy atom. The van der Waals surface area contributed by atoms with Gasteiger partial charge in [-0.25, -0.2) is 4.98 Å². The average molecular weight is 267 g/mol. The first kappa shape index (κ1) is 15.7. The number of anilines is 1. The van der Waals surface area contributed by atoms with Gasteiger partial charge in [0.15, 0.2) is 5.82 Å². The van der Waals surface area contributed by atoms with E-state index in [0.29, 0.717) is 37.4 Å². The molecule has 0 saturated heterocycles. The monoisotopic (exact) mass is 267 g/mol. The van der Waals surface area contributed by atoms with Gasteiger partial charge in [0.05, 0.1) is 6.61 Å². The molecule has 0 atom stereocenters. The van der Waals surface area contributed by atoms with E-state index in [2.05, 4.69) is 38.0 Å². The number of rotatable bonds is 8. The molecule has 0 saturated carbocycles. The molecule has 0 aliphatic carbocycles. The number of nitrogens with zero attached hydrogens (tertiary/aromatic N) is 2. The normalized spacial score (nSPS) is 11.3. The second kappa shape index (κ2) is 7.94. The van der Waals surface area contributed by atoms with Gasteiger partial charge in [-0.3, -0.25) is 4.79 Å². The van der Waals surface area contributed by atoms with Crippen LogP contribution in [-0.2, 0) is 11.3 Å². The van der Waals surface area contributed by atoms with Gasteiger partial charge in [-0.05, 0) is 11.8 Å². The first-order valence-corrected chi connectivity index (χ1v) is 6.87. The molecule has 0 aliphatic rings. The predicted molar refractivity (Wildman–Crippen MR) is 77.5 cm³/mol. The third-order valence-corrected chi connectivity index (χ3v) is 2.47. The van der Waals surface area contributed by atoms with Crippen LogP contribution in [0.15, 0.2) is 17.2 Å². The third-order valence-electron chi connectivity index (χ3n) is 2.47. The highest BCUT2D eigenvalue weighted by Crippen LogP contribution is 1.98. The Morgan fingerprint density at radius 3 is 2.68 bits per heavy atom. The maximum atomic E-state index is 12.1. The SMILES string of the molecule is CC(C)COCCNc1nccn(CC(C)C)c1=O. The highest BCUT2D eigenvalue weighted by atomic mass is 16.5. The summed E-state index contributed by atoms with van der Waals surface area (Å²) in [5.74, 6) is 1.36. The van der Waals surface area contributed by atoms with Crippen LogP contribution in [0.4, 0.5) is 5.82 Å². The molecule has 0 fully saturated rings. The summed E-state index contributed by atoms with van der Waals surface area (Å²) >= 11 is 0. The summed E-state index contributed by atoms with van der Waals surface area (Å²) in [5.41, 5.74) is -0.0694. The number of ether oxygens (including phenoxy) is 1. The number of aromatic nitrogens is 2. The first-order chi connectivity index (χ1) is 9.00. The fourth-order valence-electron chi connectivity index (χ4n) is 1.67. The van der Waals surface area contributed by atoms with Gasteiger partial charge in [0.25, 0.3) is 5.56 Å². The van der Waals surface area contributed by atoms with Crippen molar-refractivity contribution in [2.24, 2.45) is 11.8 Å². The highest BCUT2D eigenvalue weighted by molar-refractivity contribution is 5.30. The van der Waals surface area contributed by atoms with Gasteiger partial charge in [-0.15, -0.1) is 0 Å². The number of nitrogens with one attached hydrogen (secondary N) is 1. The highest BCUT2D eigenvalue weighted by Gasteiger charge is 2.05. The van der Waals surface area contributed by atoms with E-state index in [-0.39, 0.29) is 5.56 Å². The van der Waals surface area contributed by atoms with Gasteiger partial charge in [0.2, 0.25) is 0 Å². The van der Waals surface area contributed by atoms with E-state index >= 15 is 0 Å². The maximum absolute atomic E-state index is 12.1. The van der Waals surface area contributed by atoms with Crippen molar-refractivity contribution >= 4 is 5.82 Å². The van der Waals surface area contributed by atoms with Crippen LogP contribution in [0.3, 0.4) is 0 Å². The summed E-state index contributed by atoms with van der Waals surface area (Å²) in [7, 11) is 0. The van der Waals surface area contributed by atoms with E-state index in [4.69, 9.17) is 4.74 Å². The Morgan fingerprint density at radius 1 is 1.32 bits per heavy atom. The molecule has 1 rings (SSSR count). The third kappa shape index (κ3) is 5.87. The molecule has 0 unspecified atom stereocenters. The molecule has 0 aliphatic heterocycles. The molecule has 0 radical (unpaired) electrons. The second-order valence-electron chi connectivity index (χ2n) is 5.52. The van der Waals surface area contributed by atoms with E-state index in [1.165, 1.54) is 0 Å². The minimum Gasteiger partial charge on any atom is -0.379 e. The molecule has 0 spiro atoms. The van der Waals surface area contributed by atoms with Crippen LogP contribution in [0.5, 0.6) is 0 Å². The Hall–Kier alpha value is -1.36. The minimum atomic E-state index is -0.0694. The van der Waals surface area contributed by atoms with E-state index in [1.54, 1.807) is 17.0 Å². The molecule has 5 heteroatoms. The van der Waals surface area contributed by atoms with E-state index in [0.717, 1.165) is 6.61 Å². The molecule has 0 aromatic carbocycles. The van der Waals surface area contributed by atoms with Crippen molar-refractivity contribution in [2.45, 2.75) is 34.2 Å². The molecule has 1 aromatic rings. The van der Waals surface area contributed by atoms with E-state index in [1.807, 2.05) is 0 Å². The van der Waals surface area contributed by atoms with Crippen LogP contribution < -0.4 is 10.9 Å². The van der Waals surface area contributed by atoms with Crippen LogP contribution in [0.1, 0.15) is 27.7 Å². The maximum Gasteiger partial charge on any atom is 0.293 e. The molecule has 5 nitrogen and oxygen atoms in total. The predicted octanol–water partition coefficient (Wildman–Crippen LogP) is 1.98. The topological polar surface area (TPSA) is 56.1 Å². The zero-order valence-electron chi connectivity index (χ0n) is 12.3.